The lowest BCUT2D eigenvalue weighted by atomic mass is 10.1. The zero-order valence-electron chi connectivity index (χ0n) is 16.0. The van der Waals surface area contributed by atoms with Gasteiger partial charge in [0.1, 0.15) is 18.7 Å². The molecular weight excluding hydrogens is 364 g/mol. The second-order valence-corrected chi connectivity index (χ2v) is 6.94. The molecule has 0 saturated carbocycles. The first-order valence-electron chi connectivity index (χ1n) is 9.67. The molecule has 0 spiro atoms. The fourth-order valence-electron chi connectivity index (χ4n) is 3.38. The van der Waals surface area contributed by atoms with Gasteiger partial charge in [0, 0.05) is 6.54 Å². The average molecular weight is 390 g/mol. The van der Waals surface area contributed by atoms with E-state index in [4.69, 9.17) is 14.2 Å². The van der Waals surface area contributed by atoms with Crippen LogP contribution in [0, 0.1) is 0 Å². The van der Waals surface area contributed by atoms with Crippen LogP contribution in [0.25, 0.3) is 0 Å². The third kappa shape index (κ3) is 5.01. The third-order valence-electron chi connectivity index (χ3n) is 4.77. The minimum Gasteiger partial charge on any atom is -0.445 e. The lowest BCUT2D eigenvalue weighted by molar-refractivity contribution is -0.165. The number of hydrogen-bond donors (Lipinski definition) is 1. The summed E-state index contributed by atoms with van der Waals surface area (Å²) < 4.78 is 16.0. The molecule has 3 rings (SSSR count). The van der Waals surface area contributed by atoms with E-state index in [1.807, 2.05) is 37.3 Å². The van der Waals surface area contributed by atoms with Crippen molar-refractivity contribution in [2.45, 2.75) is 57.6 Å². The fraction of sp³-hybridized carbons (Fsp3) is 0.550. The van der Waals surface area contributed by atoms with Crippen molar-refractivity contribution in [2.24, 2.45) is 0 Å². The smallest absolute Gasteiger partial charge is 0.410 e. The Balaban J connectivity index is 1.54. The van der Waals surface area contributed by atoms with Crippen molar-refractivity contribution in [1.82, 2.24) is 10.2 Å². The highest BCUT2D eigenvalue weighted by Crippen LogP contribution is 2.22. The zero-order valence-corrected chi connectivity index (χ0v) is 16.0. The number of benzene rings is 1. The van der Waals surface area contributed by atoms with Crippen molar-refractivity contribution in [2.75, 3.05) is 13.2 Å². The van der Waals surface area contributed by atoms with Gasteiger partial charge in [-0.25, -0.2) is 4.79 Å². The molecule has 8 nitrogen and oxygen atoms in total. The zero-order chi connectivity index (χ0) is 19.9. The topological polar surface area (TPSA) is 94.2 Å². The first kappa shape index (κ1) is 20.1. The van der Waals surface area contributed by atoms with E-state index in [2.05, 4.69) is 5.32 Å². The van der Waals surface area contributed by atoms with Gasteiger partial charge in [-0.1, -0.05) is 37.3 Å². The molecule has 1 unspecified atom stereocenters. The van der Waals surface area contributed by atoms with Gasteiger partial charge in [-0.2, -0.15) is 0 Å². The van der Waals surface area contributed by atoms with Crippen LogP contribution in [-0.4, -0.2) is 54.4 Å². The minimum absolute atomic E-state index is 0.0608. The normalized spacial score (nSPS) is 24.1. The number of cyclic esters (lactones) is 1. The minimum atomic E-state index is -0.781. The number of likely N-dealkylation sites (tertiary alicyclic amines) is 1. The largest absolute Gasteiger partial charge is 0.445 e. The summed E-state index contributed by atoms with van der Waals surface area (Å²) >= 11 is 0. The van der Waals surface area contributed by atoms with E-state index in [9.17, 15) is 14.4 Å². The molecule has 2 amide bonds. The van der Waals surface area contributed by atoms with Crippen molar-refractivity contribution in [3.63, 3.8) is 0 Å². The molecular formula is C20H26N2O6. The maximum Gasteiger partial charge on any atom is 0.410 e. The molecule has 1 aromatic carbocycles. The van der Waals surface area contributed by atoms with Crippen LogP contribution in [0.3, 0.4) is 0 Å². The number of rotatable bonds is 7. The van der Waals surface area contributed by atoms with Gasteiger partial charge in [-0.3, -0.25) is 14.5 Å². The summed E-state index contributed by atoms with van der Waals surface area (Å²) in [6, 6.07) is 8.21. The molecule has 2 aliphatic heterocycles. The Bertz CT molecular complexity index is 695. The molecule has 0 aromatic heterocycles. The number of esters is 1. The van der Waals surface area contributed by atoms with Crippen LogP contribution < -0.4 is 5.32 Å². The molecule has 3 atom stereocenters. The first-order chi connectivity index (χ1) is 13.6. The Kier molecular flexibility index (Phi) is 6.86. The van der Waals surface area contributed by atoms with Crippen LogP contribution in [-0.2, 0) is 30.4 Å². The summed E-state index contributed by atoms with van der Waals surface area (Å²) in [6.07, 6.45) is 0.808. The van der Waals surface area contributed by atoms with E-state index < -0.39 is 30.4 Å². The van der Waals surface area contributed by atoms with Gasteiger partial charge < -0.3 is 19.5 Å². The molecule has 0 bridgehead atoms. The Morgan fingerprint density at radius 3 is 2.82 bits per heavy atom. The van der Waals surface area contributed by atoms with Gasteiger partial charge in [-0.15, -0.1) is 0 Å². The number of nitrogens with one attached hydrogen (secondary N) is 1. The highest BCUT2D eigenvalue weighted by Gasteiger charge is 2.41. The summed E-state index contributed by atoms with van der Waals surface area (Å²) in [4.78, 5) is 38.2. The van der Waals surface area contributed by atoms with Gasteiger partial charge in [-0.05, 0) is 24.8 Å². The molecule has 0 aliphatic carbocycles. The van der Waals surface area contributed by atoms with Crippen LogP contribution >= 0.6 is 0 Å². The third-order valence-corrected chi connectivity index (χ3v) is 4.77. The van der Waals surface area contributed by atoms with Crippen molar-refractivity contribution >= 4 is 18.0 Å². The average Bonchev–Trinajstić information content (AvgIpc) is 3.32. The quantitative estimate of drug-likeness (QED) is 0.716. The van der Waals surface area contributed by atoms with E-state index >= 15 is 0 Å². The van der Waals surface area contributed by atoms with E-state index in [1.54, 1.807) is 0 Å². The SMILES string of the molecule is CCCOC1OC(=O)C[C@@H]1NC(=O)[C@H]1CCCN1C(=O)OCc1ccccc1. The number of carbonyl (C=O) groups is 3. The van der Waals surface area contributed by atoms with E-state index in [1.165, 1.54) is 4.90 Å². The predicted molar refractivity (Wildman–Crippen MR) is 99.0 cm³/mol. The fourth-order valence-corrected chi connectivity index (χ4v) is 3.38. The van der Waals surface area contributed by atoms with Gasteiger partial charge in [0.15, 0.2) is 0 Å². The maximum absolute atomic E-state index is 12.7. The van der Waals surface area contributed by atoms with Crippen LogP contribution in [0.15, 0.2) is 30.3 Å². The predicted octanol–water partition coefficient (Wildman–Crippen LogP) is 1.97. The Hall–Kier alpha value is -2.61. The Labute approximate surface area is 164 Å². The summed E-state index contributed by atoms with van der Waals surface area (Å²) in [5, 5.41) is 2.81. The molecule has 2 saturated heterocycles. The van der Waals surface area contributed by atoms with Gasteiger partial charge in [0.2, 0.25) is 12.2 Å². The van der Waals surface area contributed by atoms with Crippen LogP contribution in [0.4, 0.5) is 4.79 Å². The van der Waals surface area contributed by atoms with Crippen molar-refractivity contribution in [3.05, 3.63) is 35.9 Å². The molecule has 0 radical (unpaired) electrons. The number of hydrogen-bond acceptors (Lipinski definition) is 6. The second-order valence-electron chi connectivity index (χ2n) is 6.94. The molecule has 152 valence electrons. The molecule has 1 N–H and O–H groups in total. The lowest BCUT2D eigenvalue weighted by Gasteiger charge is -2.26. The van der Waals surface area contributed by atoms with Crippen LogP contribution in [0.5, 0.6) is 0 Å². The molecule has 8 heteroatoms. The highest BCUT2D eigenvalue weighted by atomic mass is 16.7. The Morgan fingerprint density at radius 2 is 2.07 bits per heavy atom. The van der Waals surface area contributed by atoms with Crippen molar-refractivity contribution < 1.29 is 28.6 Å². The standard InChI is InChI=1S/C20H26N2O6/c1-2-11-26-19-15(12-17(23)28-19)21-18(24)16-9-6-10-22(16)20(25)27-13-14-7-4-3-5-8-14/h3-5,7-8,15-16,19H,2,6,9-13H2,1H3,(H,21,24)/t15-,16+,19?/m0/s1. The van der Waals surface area contributed by atoms with Crippen LogP contribution in [0.2, 0.25) is 0 Å². The van der Waals surface area contributed by atoms with Crippen molar-refractivity contribution in [3.8, 4) is 0 Å². The molecule has 1 aromatic rings. The first-order valence-corrected chi connectivity index (χ1v) is 9.67. The summed E-state index contributed by atoms with van der Waals surface area (Å²) in [5.74, 6) is -0.723. The molecule has 2 heterocycles. The molecule has 28 heavy (non-hydrogen) atoms. The number of nitrogens with zero attached hydrogens (tertiary/aromatic N) is 1. The Morgan fingerprint density at radius 1 is 1.29 bits per heavy atom. The van der Waals surface area contributed by atoms with Gasteiger partial charge in [0.05, 0.1) is 13.0 Å². The summed E-state index contributed by atoms with van der Waals surface area (Å²) in [5.41, 5.74) is 0.883. The maximum atomic E-state index is 12.7. The second kappa shape index (κ2) is 9.54. The van der Waals surface area contributed by atoms with Gasteiger partial charge >= 0.3 is 12.1 Å². The van der Waals surface area contributed by atoms with Crippen molar-refractivity contribution in [1.29, 1.82) is 0 Å². The molecule has 2 fully saturated rings. The number of carbonyl (C=O) groups excluding carboxylic acids is 3. The lowest BCUT2D eigenvalue weighted by Crippen LogP contribution is -2.51. The highest BCUT2D eigenvalue weighted by molar-refractivity contribution is 5.87. The summed E-state index contributed by atoms with van der Waals surface area (Å²) in [6.45, 7) is 3.00. The number of ether oxygens (including phenoxy) is 3. The van der Waals surface area contributed by atoms with Crippen LogP contribution in [0.1, 0.15) is 38.2 Å². The number of amides is 2. The van der Waals surface area contributed by atoms with E-state index in [-0.39, 0.29) is 18.9 Å². The van der Waals surface area contributed by atoms with E-state index in [0.717, 1.165) is 12.0 Å². The monoisotopic (exact) mass is 390 g/mol. The van der Waals surface area contributed by atoms with E-state index in [0.29, 0.717) is 26.0 Å². The summed E-state index contributed by atoms with van der Waals surface area (Å²) in [7, 11) is 0. The molecule has 2 aliphatic rings. The van der Waals surface area contributed by atoms with Gasteiger partial charge in [0.25, 0.3) is 0 Å².